The molecular weight excluding hydrogens is 152 g/mol. The quantitative estimate of drug-likeness (QED) is 0.510. The van der Waals surface area contributed by atoms with Crippen LogP contribution in [0.25, 0.3) is 0 Å². The minimum Gasteiger partial charge on any atom is -0.269 e. The zero-order valence-corrected chi connectivity index (χ0v) is 5.35. The van der Waals surface area contributed by atoms with Crippen LogP contribution in [-0.2, 0) is 0 Å². The van der Waals surface area contributed by atoms with Gasteiger partial charge in [0.05, 0.1) is 6.67 Å². The molecule has 0 nitrogen and oxygen atoms in total. The molecular formula is C2H9Cl2F3. The third kappa shape index (κ3) is 889. The van der Waals surface area contributed by atoms with Crippen molar-refractivity contribution in [1.29, 1.82) is 0 Å². The van der Waals surface area contributed by atoms with Gasteiger partial charge in [0.2, 0.25) is 0 Å². The Morgan fingerprint density at radius 3 is 1.14 bits per heavy atom. The van der Waals surface area contributed by atoms with E-state index in [0.717, 1.165) is 0 Å². The summed E-state index contributed by atoms with van der Waals surface area (Å²) in [6.07, 6.45) is 0. The topological polar surface area (TPSA) is 0 Å². The van der Waals surface area contributed by atoms with Gasteiger partial charge in [-0.15, -0.1) is 24.8 Å². The Balaban J connectivity index is -0.00000000333. The van der Waals surface area contributed by atoms with E-state index in [0.29, 0.717) is 0 Å². The first-order valence-corrected chi connectivity index (χ1v) is 0.974. The molecule has 7 heavy (non-hydrogen) atoms. The molecule has 0 radical (unpaired) electrons. The summed E-state index contributed by atoms with van der Waals surface area (Å²) >= 11 is 0. The number of hydrogen-bond donors (Lipinski definition) is 0. The first kappa shape index (κ1) is 53.2. The fourth-order valence-electron chi connectivity index (χ4n) is 0. The second-order valence-corrected chi connectivity index (χ2v) is 0.267. The molecule has 0 aliphatic rings. The van der Waals surface area contributed by atoms with Crippen LogP contribution in [0.4, 0.5) is 13.8 Å². The van der Waals surface area contributed by atoms with Gasteiger partial charge in [0.1, 0.15) is 0 Å². The second kappa shape index (κ2) is 97.9. The van der Waals surface area contributed by atoms with E-state index in [1.54, 1.807) is 0 Å². The molecule has 0 atom stereocenters. The van der Waals surface area contributed by atoms with Crippen molar-refractivity contribution in [2.24, 2.45) is 0 Å². The minimum atomic E-state index is -0.250. The number of alkyl halides is 1. The van der Waals surface area contributed by atoms with E-state index < -0.39 is 0 Å². The highest BCUT2D eigenvalue weighted by atomic mass is 35.5. The zero-order chi connectivity index (χ0) is 2.71. The summed E-state index contributed by atoms with van der Waals surface area (Å²) in [5.41, 5.74) is 0. The van der Waals surface area contributed by atoms with Crippen molar-refractivity contribution in [3.8, 4) is 0 Å². The first-order valence-electron chi connectivity index (χ1n) is 0.974. The summed E-state index contributed by atoms with van der Waals surface area (Å²) in [5, 5.41) is 0. The molecule has 0 aromatic heterocycles. The maximum atomic E-state index is 10.3. The lowest BCUT2D eigenvalue weighted by molar-refractivity contribution is 0.527. The predicted molar refractivity (Wildman–Crippen MR) is 31.2 cm³/mol. The number of halogens is 5. The molecule has 52 valence electrons. The lowest BCUT2D eigenvalue weighted by Gasteiger charge is -1.45. The van der Waals surface area contributed by atoms with Crippen LogP contribution < -0.4 is 0 Å². The van der Waals surface area contributed by atoms with Gasteiger partial charge in [-0.1, -0.05) is 0 Å². The molecule has 0 saturated carbocycles. The Kier molecular flexibility index (Phi) is 744. The van der Waals surface area contributed by atoms with E-state index in [1.807, 2.05) is 0 Å². The Morgan fingerprint density at radius 1 is 1.14 bits per heavy atom. The molecule has 0 saturated heterocycles. The van der Waals surface area contributed by atoms with Gasteiger partial charge in [-0.05, 0) is 6.92 Å². The van der Waals surface area contributed by atoms with E-state index in [1.165, 1.54) is 6.92 Å². The van der Waals surface area contributed by atoms with Crippen LogP contribution in [0.2, 0.25) is 0 Å². The standard InChI is InChI=1S/C2H5F.2ClH.2FH/c1-2-3;;;;/h2H2,1H3;4*1H. The SMILES string of the molecule is CCF.Cl.Cl.F.F. The highest BCUT2D eigenvalue weighted by Gasteiger charge is 1.39. The average molecular weight is 161 g/mol. The van der Waals surface area contributed by atoms with Crippen molar-refractivity contribution < 1.29 is 13.8 Å². The van der Waals surface area contributed by atoms with E-state index in [9.17, 15) is 4.39 Å². The van der Waals surface area contributed by atoms with Crippen molar-refractivity contribution in [3.63, 3.8) is 0 Å². The van der Waals surface area contributed by atoms with Crippen LogP contribution in [0, 0.1) is 0 Å². The van der Waals surface area contributed by atoms with Gasteiger partial charge in [-0.2, -0.15) is 0 Å². The monoisotopic (exact) mass is 160 g/mol. The Morgan fingerprint density at radius 2 is 1.14 bits per heavy atom. The van der Waals surface area contributed by atoms with E-state index in [-0.39, 0.29) is 40.9 Å². The summed E-state index contributed by atoms with van der Waals surface area (Å²) in [6.45, 7) is 1.21. The third-order valence-electron chi connectivity index (χ3n) is 0. The van der Waals surface area contributed by atoms with Crippen molar-refractivity contribution in [2.45, 2.75) is 6.92 Å². The van der Waals surface area contributed by atoms with Crippen LogP contribution in [-0.4, -0.2) is 6.67 Å². The van der Waals surface area contributed by atoms with Gasteiger partial charge >= 0.3 is 0 Å². The van der Waals surface area contributed by atoms with Crippen LogP contribution >= 0.6 is 24.8 Å². The molecule has 0 spiro atoms. The number of rotatable bonds is 0. The molecule has 0 N–H and O–H groups in total. The van der Waals surface area contributed by atoms with Gasteiger partial charge in [-0.25, -0.2) is 0 Å². The van der Waals surface area contributed by atoms with Gasteiger partial charge < -0.3 is 0 Å². The maximum absolute atomic E-state index is 10.3. The van der Waals surface area contributed by atoms with Crippen molar-refractivity contribution >= 4 is 24.8 Å². The molecule has 0 heterocycles. The molecule has 0 aliphatic carbocycles. The molecule has 0 aromatic carbocycles. The Labute approximate surface area is 53.0 Å². The van der Waals surface area contributed by atoms with Gasteiger partial charge in [0, 0.05) is 0 Å². The van der Waals surface area contributed by atoms with Gasteiger partial charge in [0.15, 0.2) is 0 Å². The van der Waals surface area contributed by atoms with Gasteiger partial charge in [0.25, 0.3) is 0 Å². The molecule has 5 heteroatoms. The van der Waals surface area contributed by atoms with Crippen LogP contribution in [0.1, 0.15) is 6.92 Å². The molecule has 0 aliphatic heterocycles. The normalized spacial score (nSPS) is 2.57. The predicted octanol–water partition coefficient (Wildman–Crippen LogP) is 2.12. The van der Waals surface area contributed by atoms with E-state index >= 15 is 0 Å². The third-order valence-corrected chi connectivity index (χ3v) is 0. The van der Waals surface area contributed by atoms with Crippen LogP contribution in [0.15, 0.2) is 0 Å². The summed E-state index contributed by atoms with van der Waals surface area (Å²) in [6, 6.07) is 0. The molecule has 0 rings (SSSR count). The molecule has 0 aromatic rings. The van der Waals surface area contributed by atoms with E-state index in [2.05, 4.69) is 0 Å². The Hall–Kier alpha value is 0.370. The summed E-state index contributed by atoms with van der Waals surface area (Å²) in [4.78, 5) is 0. The van der Waals surface area contributed by atoms with E-state index in [4.69, 9.17) is 0 Å². The van der Waals surface area contributed by atoms with Crippen LogP contribution in [0.3, 0.4) is 0 Å². The average Bonchev–Trinajstić information content (AvgIpc) is 0.918. The molecule has 0 fully saturated rings. The minimum absolute atomic E-state index is 0. The van der Waals surface area contributed by atoms with Gasteiger partial charge in [-0.3, -0.25) is 13.8 Å². The highest BCUT2D eigenvalue weighted by Crippen LogP contribution is 1.48. The summed E-state index contributed by atoms with van der Waals surface area (Å²) in [7, 11) is 0. The molecule has 0 unspecified atom stereocenters. The molecule has 0 amide bonds. The zero-order valence-electron chi connectivity index (χ0n) is 3.72. The van der Waals surface area contributed by atoms with Crippen LogP contribution in [0.5, 0.6) is 0 Å². The fraction of sp³-hybridized carbons (Fsp3) is 1.00. The smallest absolute Gasteiger partial charge is 0.0866 e. The van der Waals surface area contributed by atoms with Crippen molar-refractivity contribution in [1.82, 2.24) is 0 Å². The fourth-order valence-corrected chi connectivity index (χ4v) is 0. The maximum Gasteiger partial charge on any atom is 0.0866 e. The molecule has 0 bridgehead atoms. The Bertz CT molecular complexity index is 10.9. The van der Waals surface area contributed by atoms with Crippen molar-refractivity contribution in [2.75, 3.05) is 6.67 Å². The second-order valence-electron chi connectivity index (χ2n) is 0.267. The summed E-state index contributed by atoms with van der Waals surface area (Å²) < 4.78 is 10.3. The first-order chi connectivity index (χ1) is 1.41. The highest BCUT2D eigenvalue weighted by molar-refractivity contribution is 5.85. The van der Waals surface area contributed by atoms with Crippen molar-refractivity contribution in [3.05, 3.63) is 0 Å². The summed E-state index contributed by atoms with van der Waals surface area (Å²) in [5.74, 6) is 0. The number of hydrogen-bond acceptors (Lipinski definition) is 0. The lowest BCUT2D eigenvalue weighted by atomic mass is 10.9. The largest absolute Gasteiger partial charge is 0.269 e. The lowest BCUT2D eigenvalue weighted by Crippen LogP contribution is -1.40.